The van der Waals surface area contributed by atoms with Gasteiger partial charge in [-0.2, -0.15) is 4.98 Å². The molecule has 16 heavy (non-hydrogen) atoms. The Morgan fingerprint density at radius 1 is 1.50 bits per heavy atom. The van der Waals surface area contributed by atoms with Gasteiger partial charge in [0.25, 0.3) is 0 Å². The maximum absolute atomic E-state index is 4.57. The van der Waals surface area contributed by atoms with Crippen molar-refractivity contribution >= 4 is 11.8 Å². The smallest absolute Gasteiger partial charge is 0.224 e. The highest BCUT2D eigenvalue weighted by atomic mass is 15.3. The van der Waals surface area contributed by atoms with E-state index in [-0.39, 0.29) is 0 Å². The third kappa shape index (κ3) is 1.62. The van der Waals surface area contributed by atoms with Gasteiger partial charge < -0.3 is 10.2 Å². The van der Waals surface area contributed by atoms with Gasteiger partial charge in [0.05, 0.1) is 0 Å². The van der Waals surface area contributed by atoms with E-state index in [1.807, 2.05) is 12.3 Å². The standard InChI is InChI=1S/C12H18N4/c1-2-13-12-14-6-5-11(15-12)16-8-9-3-4-10(16)7-9/h5-6,9-10H,2-4,7-8H2,1H3,(H,13,14,15). The molecule has 1 N–H and O–H groups in total. The van der Waals surface area contributed by atoms with E-state index in [0.717, 1.165) is 30.3 Å². The number of hydrogen-bond donors (Lipinski definition) is 1. The quantitative estimate of drug-likeness (QED) is 0.841. The zero-order chi connectivity index (χ0) is 11.0. The predicted octanol–water partition coefficient (Wildman–Crippen LogP) is 1.90. The lowest BCUT2D eigenvalue weighted by molar-refractivity contribution is 0.550. The van der Waals surface area contributed by atoms with E-state index in [9.17, 15) is 0 Å². The summed E-state index contributed by atoms with van der Waals surface area (Å²) >= 11 is 0. The van der Waals surface area contributed by atoms with Crippen LogP contribution in [-0.2, 0) is 0 Å². The number of rotatable bonds is 3. The molecule has 1 saturated heterocycles. The molecule has 1 aliphatic carbocycles. The second kappa shape index (κ2) is 3.92. The predicted molar refractivity (Wildman–Crippen MR) is 64.7 cm³/mol. The van der Waals surface area contributed by atoms with E-state index in [0.29, 0.717) is 0 Å². The van der Waals surface area contributed by atoms with Gasteiger partial charge in [-0.05, 0) is 38.2 Å². The lowest BCUT2D eigenvalue weighted by Gasteiger charge is -2.28. The van der Waals surface area contributed by atoms with Crippen molar-refractivity contribution in [2.24, 2.45) is 5.92 Å². The topological polar surface area (TPSA) is 41.1 Å². The van der Waals surface area contributed by atoms with Crippen LogP contribution >= 0.6 is 0 Å². The van der Waals surface area contributed by atoms with Crippen LogP contribution in [0.4, 0.5) is 11.8 Å². The van der Waals surface area contributed by atoms with E-state index >= 15 is 0 Å². The fourth-order valence-corrected chi connectivity index (χ4v) is 2.96. The van der Waals surface area contributed by atoms with Gasteiger partial charge in [-0.3, -0.25) is 0 Å². The second-order valence-electron chi connectivity index (χ2n) is 4.75. The minimum absolute atomic E-state index is 0.731. The SMILES string of the molecule is CCNc1nccc(N2CC3CCC2C3)n1. The zero-order valence-corrected chi connectivity index (χ0v) is 9.69. The van der Waals surface area contributed by atoms with Gasteiger partial charge in [-0.15, -0.1) is 0 Å². The van der Waals surface area contributed by atoms with Crippen molar-refractivity contribution in [3.63, 3.8) is 0 Å². The van der Waals surface area contributed by atoms with E-state index in [2.05, 4.69) is 27.1 Å². The van der Waals surface area contributed by atoms with Crippen LogP contribution in [-0.4, -0.2) is 29.1 Å². The highest BCUT2D eigenvalue weighted by Crippen LogP contribution is 2.39. The third-order valence-corrected chi connectivity index (χ3v) is 3.68. The van der Waals surface area contributed by atoms with Gasteiger partial charge >= 0.3 is 0 Å². The molecular formula is C12H18N4. The summed E-state index contributed by atoms with van der Waals surface area (Å²) < 4.78 is 0. The van der Waals surface area contributed by atoms with Crippen LogP contribution in [0.15, 0.2) is 12.3 Å². The number of nitrogens with one attached hydrogen (secondary N) is 1. The fraction of sp³-hybridized carbons (Fsp3) is 0.667. The van der Waals surface area contributed by atoms with Crippen LogP contribution < -0.4 is 10.2 Å². The van der Waals surface area contributed by atoms with E-state index < -0.39 is 0 Å². The summed E-state index contributed by atoms with van der Waals surface area (Å²) in [5.74, 6) is 2.75. The molecule has 2 bridgehead atoms. The number of piperidine rings is 1. The average Bonchev–Trinajstić information content (AvgIpc) is 2.91. The van der Waals surface area contributed by atoms with Gasteiger partial charge in [-0.25, -0.2) is 4.98 Å². The molecule has 2 heterocycles. The molecule has 1 aromatic rings. The van der Waals surface area contributed by atoms with E-state index in [1.165, 1.54) is 25.8 Å². The molecule has 86 valence electrons. The minimum atomic E-state index is 0.731. The zero-order valence-electron chi connectivity index (χ0n) is 9.69. The monoisotopic (exact) mass is 218 g/mol. The number of nitrogens with zero attached hydrogens (tertiary/aromatic N) is 3. The molecule has 2 unspecified atom stereocenters. The van der Waals surface area contributed by atoms with Gasteiger partial charge in [0.1, 0.15) is 5.82 Å². The van der Waals surface area contributed by atoms with Crippen molar-refractivity contribution in [1.82, 2.24) is 9.97 Å². The molecule has 1 aliphatic heterocycles. The Balaban J connectivity index is 1.81. The summed E-state index contributed by atoms with van der Waals surface area (Å²) in [4.78, 5) is 11.2. The summed E-state index contributed by atoms with van der Waals surface area (Å²) in [5, 5.41) is 3.17. The summed E-state index contributed by atoms with van der Waals surface area (Å²) in [6.45, 7) is 4.12. The van der Waals surface area contributed by atoms with E-state index in [4.69, 9.17) is 0 Å². The Morgan fingerprint density at radius 2 is 2.44 bits per heavy atom. The maximum atomic E-state index is 4.57. The molecule has 2 fully saturated rings. The molecule has 1 aromatic heterocycles. The van der Waals surface area contributed by atoms with Crippen LogP contribution in [0.3, 0.4) is 0 Å². The molecule has 2 aliphatic rings. The molecule has 0 aromatic carbocycles. The Bertz CT molecular complexity index is 379. The lowest BCUT2D eigenvalue weighted by Crippen LogP contribution is -2.32. The summed E-state index contributed by atoms with van der Waals surface area (Å²) in [6.07, 6.45) is 5.96. The third-order valence-electron chi connectivity index (χ3n) is 3.68. The van der Waals surface area contributed by atoms with Crippen molar-refractivity contribution in [3.05, 3.63) is 12.3 Å². The molecule has 0 amide bonds. The highest BCUT2D eigenvalue weighted by Gasteiger charge is 2.38. The first-order valence-electron chi connectivity index (χ1n) is 6.20. The van der Waals surface area contributed by atoms with Gasteiger partial charge in [0.15, 0.2) is 0 Å². The van der Waals surface area contributed by atoms with Crippen LogP contribution in [0.25, 0.3) is 0 Å². The average molecular weight is 218 g/mol. The first kappa shape index (κ1) is 9.87. The van der Waals surface area contributed by atoms with Crippen LogP contribution in [0.1, 0.15) is 26.2 Å². The Hall–Kier alpha value is -1.32. The molecule has 4 nitrogen and oxygen atoms in total. The van der Waals surface area contributed by atoms with Crippen molar-refractivity contribution in [1.29, 1.82) is 0 Å². The minimum Gasteiger partial charge on any atom is -0.354 e. The molecular weight excluding hydrogens is 200 g/mol. The van der Waals surface area contributed by atoms with Gasteiger partial charge in [0.2, 0.25) is 5.95 Å². The largest absolute Gasteiger partial charge is 0.354 e. The Kier molecular flexibility index (Phi) is 2.42. The summed E-state index contributed by atoms with van der Waals surface area (Å²) in [5.41, 5.74) is 0. The van der Waals surface area contributed by atoms with Crippen LogP contribution in [0.2, 0.25) is 0 Å². The van der Waals surface area contributed by atoms with Crippen LogP contribution in [0.5, 0.6) is 0 Å². The van der Waals surface area contributed by atoms with Crippen LogP contribution in [0, 0.1) is 5.92 Å². The number of anilines is 2. The Labute approximate surface area is 96.1 Å². The number of aromatic nitrogens is 2. The first-order valence-corrected chi connectivity index (χ1v) is 6.20. The fourth-order valence-electron chi connectivity index (χ4n) is 2.96. The second-order valence-corrected chi connectivity index (χ2v) is 4.75. The highest BCUT2D eigenvalue weighted by molar-refractivity contribution is 5.45. The molecule has 1 saturated carbocycles. The lowest BCUT2D eigenvalue weighted by atomic mass is 10.1. The van der Waals surface area contributed by atoms with Crippen molar-refractivity contribution < 1.29 is 0 Å². The maximum Gasteiger partial charge on any atom is 0.224 e. The van der Waals surface area contributed by atoms with Crippen molar-refractivity contribution in [2.75, 3.05) is 23.3 Å². The summed E-state index contributed by atoms with van der Waals surface area (Å²) in [6, 6.07) is 2.76. The summed E-state index contributed by atoms with van der Waals surface area (Å²) in [7, 11) is 0. The van der Waals surface area contributed by atoms with Crippen molar-refractivity contribution in [2.45, 2.75) is 32.2 Å². The molecule has 2 atom stereocenters. The Morgan fingerprint density at radius 3 is 3.12 bits per heavy atom. The molecule has 0 spiro atoms. The molecule has 3 rings (SSSR count). The van der Waals surface area contributed by atoms with Gasteiger partial charge in [-0.1, -0.05) is 0 Å². The normalized spacial score (nSPS) is 27.4. The van der Waals surface area contributed by atoms with E-state index in [1.54, 1.807) is 0 Å². The number of hydrogen-bond acceptors (Lipinski definition) is 4. The first-order chi connectivity index (χ1) is 7.86. The molecule has 4 heteroatoms. The number of fused-ring (bicyclic) bond motifs is 2. The van der Waals surface area contributed by atoms with Gasteiger partial charge in [0, 0.05) is 25.3 Å². The van der Waals surface area contributed by atoms with Crippen molar-refractivity contribution in [3.8, 4) is 0 Å². The molecule has 0 radical (unpaired) electrons.